The van der Waals surface area contributed by atoms with Crippen LogP contribution >= 0.6 is 11.3 Å². The summed E-state index contributed by atoms with van der Waals surface area (Å²) in [4.78, 5) is 9.43. The minimum atomic E-state index is 0.786. The predicted molar refractivity (Wildman–Crippen MR) is 115 cm³/mol. The van der Waals surface area contributed by atoms with Crippen molar-refractivity contribution in [3.8, 4) is 0 Å². The minimum absolute atomic E-state index is 0.786. The largest absolute Gasteiger partial charge is 0.352 e. The first kappa shape index (κ1) is 19.9. The molecular formula is C21H31N5S. The summed E-state index contributed by atoms with van der Waals surface area (Å²) in [7, 11) is 1.82. The molecule has 27 heavy (non-hydrogen) atoms. The quantitative estimate of drug-likeness (QED) is 0.568. The fraction of sp³-hybridized carbons (Fsp3) is 0.476. The number of piperazine rings is 1. The van der Waals surface area contributed by atoms with Crippen LogP contribution in [0.5, 0.6) is 0 Å². The van der Waals surface area contributed by atoms with Crippen LogP contribution in [0.2, 0.25) is 0 Å². The summed E-state index contributed by atoms with van der Waals surface area (Å²) in [6.07, 6.45) is 0. The molecule has 1 saturated heterocycles. The fourth-order valence-electron chi connectivity index (χ4n) is 3.37. The molecule has 6 heteroatoms. The van der Waals surface area contributed by atoms with Gasteiger partial charge in [0.1, 0.15) is 0 Å². The van der Waals surface area contributed by atoms with Gasteiger partial charge in [0, 0.05) is 52.9 Å². The second-order valence-electron chi connectivity index (χ2n) is 6.89. The van der Waals surface area contributed by atoms with Crippen LogP contribution in [0.25, 0.3) is 0 Å². The van der Waals surface area contributed by atoms with Gasteiger partial charge < -0.3 is 15.5 Å². The summed E-state index contributed by atoms with van der Waals surface area (Å²) in [5, 5.41) is 11.1. The molecule has 1 aromatic carbocycles. The van der Waals surface area contributed by atoms with Gasteiger partial charge in [-0.1, -0.05) is 31.2 Å². The molecule has 2 N–H and O–H groups in total. The third kappa shape index (κ3) is 6.06. The molecule has 1 aliphatic heterocycles. The molecule has 0 spiro atoms. The van der Waals surface area contributed by atoms with E-state index in [1.165, 1.54) is 29.8 Å². The Balaban J connectivity index is 1.52. The van der Waals surface area contributed by atoms with Gasteiger partial charge in [-0.25, -0.2) is 0 Å². The highest BCUT2D eigenvalue weighted by Crippen LogP contribution is 2.13. The van der Waals surface area contributed by atoms with Crippen molar-refractivity contribution in [1.82, 2.24) is 20.4 Å². The monoisotopic (exact) mass is 385 g/mol. The number of nitrogens with one attached hydrogen (secondary N) is 2. The maximum Gasteiger partial charge on any atom is 0.191 e. The SMILES string of the molecule is CCN1CCN(Cc2ccccc2CNC(=NC)NCc2ccsc2)CC1. The maximum atomic E-state index is 4.35. The molecule has 0 amide bonds. The molecule has 3 rings (SSSR count). The van der Waals surface area contributed by atoms with Crippen molar-refractivity contribution in [2.45, 2.75) is 26.6 Å². The number of likely N-dealkylation sites (N-methyl/N-ethyl adjacent to an activating group) is 1. The summed E-state index contributed by atoms with van der Waals surface area (Å²) in [5.74, 6) is 0.840. The first-order valence-corrected chi connectivity index (χ1v) is 10.7. The van der Waals surface area contributed by atoms with Gasteiger partial charge in [-0.05, 0) is 40.1 Å². The van der Waals surface area contributed by atoms with Crippen molar-refractivity contribution in [3.05, 3.63) is 57.8 Å². The van der Waals surface area contributed by atoms with Crippen LogP contribution in [0.1, 0.15) is 23.6 Å². The van der Waals surface area contributed by atoms with Crippen LogP contribution in [-0.2, 0) is 19.6 Å². The third-order valence-electron chi connectivity index (χ3n) is 5.13. The van der Waals surface area contributed by atoms with Crippen LogP contribution in [0.15, 0.2) is 46.1 Å². The first-order chi connectivity index (χ1) is 13.3. The Hall–Kier alpha value is -1.89. The maximum absolute atomic E-state index is 4.35. The molecule has 0 unspecified atom stereocenters. The topological polar surface area (TPSA) is 42.9 Å². The van der Waals surface area contributed by atoms with Gasteiger partial charge in [-0.3, -0.25) is 9.89 Å². The normalized spacial score (nSPS) is 16.4. The lowest BCUT2D eigenvalue weighted by molar-refractivity contribution is 0.131. The molecule has 1 aliphatic rings. The van der Waals surface area contributed by atoms with Crippen molar-refractivity contribution >= 4 is 17.3 Å². The second kappa shape index (κ2) is 10.4. The van der Waals surface area contributed by atoms with Gasteiger partial charge in [-0.15, -0.1) is 0 Å². The zero-order chi connectivity index (χ0) is 18.9. The zero-order valence-corrected chi connectivity index (χ0v) is 17.3. The number of nitrogens with zero attached hydrogens (tertiary/aromatic N) is 3. The molecule has 5 nitrogen and oxygen atoms in total. The molecule has 0 atom stereocenters. The van der Waals surface area contributed by atoms with E-state index < -0.39 is 0 Å². The lowest BCUT2D eigenvalue weighted by Gasteiger charge is -2.34. The highest BCUT2D eigenvalue weighted by molar-refractivity contribution is 7.07. The van der Waals surface area contributed by atoms with Crippen molar-refractivity contribution in [1.29, 1.82) is 0 Å². The summed E-state index contributed by atoms with van der Waals surface area (Å²) in [6.45, 7) is 10.7. The van der Waals surface area contributed by atoms with Gasteiger partial charge in [0.2, 0.25) is 0 Å². The molecule has 1 fully saturated rings. The Morgan fingerprint density at radius 1 is 1.00 bits per heavy atom. The number of hydrogen-bond donors (Lipinski definition) is 2. The fourth-order valence-corrected chi connectivity index (χ4v) is 4.04. The van der Waals surface area contributed by atoms with E-state index in [1.807, 2.05) is 7.05 Å². The highest BCUT2D eigenvalue weighted by Gasteiger charge is 2.16. The van der Waals surface area contributed by atoms with E-state index in [0.717, 1.165) is 45.2 Å². The van der Waals surface area contributed by atoms with Gasteiger partial charge >= 0.3 is 0 Å². The second-order valence-corrected chi connectivity index (χ2v) is 7.67. The Labute approximate surface area is 167 Å². The van der Waals surface area contributed by atoms with Crippen molar-refractivity contribution in [3.63, 3.8) is 0 Å². The van der Waals surface area contributed by atoms with Gasteiger partial charge in [0.05, 0.1) is 0 Å². The molecule has 0 saturated carbocycles. The van der Waals surface area contributed by atoms with Crippen molar-refractivity contribution < 1.29 is 0 Å². The molecule has 0 radical (unpaired) electrons. The molecule has 0 aliphatic carbocycles. The number of thiophene rings is 1. The predicted octanol–water partition coefficient (Wildman–Crippen LogP) is 2.75. The Kier molecular flexibility index (Phi) is 7.68. The van der Waals surface area contributed by atoms with Crippen LogP contribution in [0.3, 0.4) is 0 Å². The molecule has 1 aromatic heterocycles. The summed E-state index contributed by atoms with van der Waals surface area (Å²) in [6, 6.07) is 10.9. The molecule has 2 aromatic rings. The van der Waals surface area contributed by atoms with Crippen LogP contribution < -0.4 is 10.6 Å². The van der Waals surface area contributed by atoms with Crippen molar-refractivity contribution in [2.24, 2.45) is 4.99 Å². The molecule has 2 heterocycles. The Morgan fingerprint density at radius 2 is 1.70 bits per heavy atom. The number of aliphatic imine (C=N–C) groups is 1. The highest BCUT2D eigenvalue weighted by atomic mass is 32.1. The summed E-state index contributed by atoms with van der Waals surface area (Å²) < 4.78 is 0. The van der Waals surface area contributed by atoms with Crippen LogP contribution in [0.4, 0.5) is 0 Å². The first-order valence-electron chi connectivity index (χ1n) is 9.75. The van der Waals surface area contributed by atoms with E-state index in [9.17, 15) is 0 Å². The van der Waals surface area contributed by atoms with E-state index in [-0.39, 0.29) is 0 Å². The van der Waals surface area contributed by atoms with Gasteiger partial charge in [0.15, 0.2) is 5.96 Å². The molecular weight excluding hydrogens is 354 g/mol. The standard InChI is InChI=1S/C21H31N5S/c1-3-25-9-11-26(12-10-25)16-20-7-5-4-6-19(20)15-24-21(22-2)23-14-18-8-13-27-17-18/h4-8,13,17H,3,9-12,14-16H2,1-2H3,(H2,22,23,24). The Bertz CT molecular complexity index is 705. The van der Waals surface area contributed by atoms with E-state index >= 15 is 0 Å². The van der Waals surface area contributed by atoms with E-state index in [0.29, 0.717) is 0 Å². The summed E-state index contributed by atoms with van der Waals surface area (Å²) in [5.41, 5.74) is 4.03. The van der Waals surface area contributed by atoms with Gasteiger partial charge in [-0.2, -0.15) is 11.3 Å². The number of rotatable bonds is 7. The average molecular weight is 386 g/mol. The number of hydrogen-bond acceptors (Lipinski definition) is 4. The van der Waals surface area contributed by atoms with Crippen LogP contribution in [0, 0.1) is 0 Å². The molecule has 0 bridgehead atoms. The average Bonchev–Trinajstić information content (AvgIpc) is 3.23. The zero-order valence-electron chi connectivity index (χ0n) is 16.4. The molecule has 146 valence electrons. The van der Waals surface area contributed by atoms with Gasteiger partial charge in [0.25, 0.3) is 0 Å². The third-order valence-corrected chi connectivity index (χ3v) is 5.87. The number of benzene rings is 1. The lowest BCUT2D eigenvalue weighted by Crippen LogP contribution is -2.45. The Morgan fingerprint density at radius 3 is 2.37 bits per heavy atom. The summed E-state index contributed by atoms with van der Waals surface area (Å²) >= 11 is 1.72. The van der Waals surface area contributed by atoms with E-state index in [4.69, 9.17) is 0 Å². The minimum Gasteiger partial charge on any atom is -0.352 e. The van der Waals surface area contributed by atoms with Crippen molar-refractivity contribution in [2.75, 3.05) is 39.8 Å². The van der Waals surface area contributed by atoms with E-state index in [1.54, 1.807) is 11.3 Å². The van der Waals surface area contributed by atoms with Crippen LogP contribution in [-0.4, -0.2) is 55.5 Å². The van der Waals surface area contributed by atoms with E-state index in [2.05, 4.69) is 73.4 Å². The smallest absolute Gasteiger partial charge is 0.191 e. The number of guanidine groups is 1. The lowest BCUT2D eigenvalue weighted by atomic mass is 10.1.